The van der Waals surface area contributed by atoms with Gasteiger partial charge in [0.2, 0.25) is 17.7 Å². The smallest absolute Gasteiger partial charge is 0.244 e. The number of nitrogens with one attached hydrogen (secondary N) is 3. The van der Waals surface area contributed by atoms with E-state index in [-0.39, 0.29) is 17.7 Å². The standard InChI is InChI=1S/C22H19N3O3S/c1-13(26)23-17-7-3-15(4-8-17)22(19-11-12-29-20(19)25-21(22)28)16-5-9-18(10-6-16)24-14(2)27/h3-12H,1-2H3,(H,23,26)(H,24,27)(H,25,28). The van der Waals surface area contributed by atoms with Crippen LogP contribution < -0.4 is 16.0 Å². The van der Waals surface area contributed by atoms with Gasteiger partial charge in [0.15, 0.2) is 0 Å². The van der Waals surface area contributed by atoms with Gasteiger partial charge in [-0.2, -0.15) is 0 Å². The van der Waals surface area contributed by atoms with E-state index < -0.39 is 5.41 Å². The third-order valence-electron chi connectivity index (χ3n) is 4.91. The Morgan fingerprint density at radius 2 is 1.31 bits per heavy atom. The molecule has 0 unspecified atom stereocenters. The molecule has 1 aromatic heterocycles. The number of amides is 3. The van der Waals surface area contributed by atoms with E-state index in [1.54, 1.807) is 24.3 Å². The van der Waals surface area contributed by atoms with E-state index in [1.165, 1.54) is 25.2 Å². The first kappa shape index (κ1) is 18.9. The molecule has 3 amide bonds. The molecule has 0 saturated carbocycles. The highest BCUT2D eigenvalue weighted by molar-refractivity contribution is 7.14. The van der Waals surface area contributed by atoms with Crippen molar-refractivity contribution in [1.82, 2.24) is 0 Å². The van der Waals surface area contributed by atoms with Gasteiger partial charge < -0.3 is 16.0 Å². The normalized spacial score (nSPS) is 14.1. The lowest BCUT2D eigenvalue weighted by molar-refractivity contribution is -0.118. The molecule has 0 bridgehead atoms. The van der Waals surface area contributed by atoms with Crippen LogP contribution in [0.2, 0.25) is 0 Å². The first-order chi connectivity index (χ1) is 13.9. The summed E-state index contributed by atoms with van der Waals surface area (Å²) in [5.74, 6) is -0.432. The van der Waals surface area contributed by atoms with Crippen LogP contribution in [0, 0.1) is 0 Å². The largest absolute Gasteiger partial charge is 0.326 e. The van der Waals surface area contributed by atoms with Crippen molar-refractivity contribution in [1.29, 1.82) is 0 Å². The van der Waals surface area contributed by atoms with Crippen molar-refractivity contribution in [2.24, 2.45) is 0 Å². The minimum absolute atomic E-state index is 0.126. The topological polar surface area (TPSA) is 87.3 Å². The van der Waals surface area contributed by atoms with E-state index in [4.69, 9.17) is 0 Å². The van der Waals surface area contributed by atoms with Gasteiger partial charge in [-0.25, -0.2) is 0 Å². The Kier molecular flexibility index (Phi) is 4.68. The lowest BCUT2D eigenvalue weighted by atomic mass is 9.71. The van der Waals surface area contributed by atoms with Gasteiger partial charge in [0, 0.05) is 30.8 Å². The molecule has 0 radical (unpaired) electrons. The zero-order valence-corrected chi connectivity index (χ0v) is 16.7. The van der Waals surface area contributed by atoms with E-state index in [0.717, 1.165) is 21.7 Å². The zero-order chi connectivity index (χ0) is 20.6. The minimum Gasteiger partial charge on any atom is -0.326 e. The van der Waals surface area contributed by atoms with E-state index in [2.05, 4.69) is 16.0 Å². The van der Waals surface area contributed by atoms with Crippen LogP contribution in [-0.2, 0) is 19.8 Å². The number of hydrogen-bond acceptors (Lipinski definition) is 4. The fraction of sp³-hybridized carbons (Fsp3) is 0.136. The van der Waals surface area contributed by atoms with Crippen LogP contribution in [0.1, 0.15) is 30.5 Å². The van der Waals surface area contributed by atoms with Crippen molar-refractivity contribution in [3.8, 4) is 0 Å². The molecule has 146 valence electrons. The average molecular weight is 405 g/mol. The summed E-state index contributed by atoms with van der Waals surface area (Å²) in [6, 6.07) is 16.6. The highest BCUT2D eigenvalue weighted by Crippen LogP contribution is 2.50. The Bertz CT molecular complexity index is 1040. The lowest BCUT2D eigenvalue weighted by Gasteiger charge is -2.29. The van der Waals surface area contributed by atoms with Crippen LogP contribution in [0.3, 0.4) is 0 Å². The highest BCUT2D eigenvalue weighted by Gasteiger charge is 2.50. The monoisotopic (exact) mass is 405 g/mol. The van der Waals surface area contributed by atoms with Gasteiger partial charge in [-0.05, 0) is 46.8 Å². The molecular formula is C22H19N3O3S. The van der Waals surface area contributed by atoms with Crippen LogP contribution in [0.4, 0.5) is 16.4 Å². The predicted molar refractivity (Wildman–Crippen MR) is 114 cm³/mol. The molecule has 29 heavy (non-hydrogen) atoms. The predicted octanol–water partition coefficient (Wildman–Crippen LogP) is 3.95. The van der Waals surface area contributed by atoms with Crippen molar-refractivity contribution in [3.05, 3.63) is 76.7 Å². The zero-order valence-electron chi connectivity index (χ0n) is 15.9. The van der Waals surface area contributed by atoms with Gasteiger partial charge >= 0.3 is 0 Å². The maximum atomic E-state index is 13.3. The number of carbonyl (C=O) groups is 3. The summed E-state index contributed by atoms with van der Waals surface area (Å²) in [7, 11) is 0. The van der Waals surface area contributed by atoms with Crippen LogP contribution in [-0.4, -0.2) is 17.7 Å². The van der Waals surface area contributed by atoms with Crippen molar-refractivity contribution >= 4 is 45.4 Å². The summed E-state index contributed by atoms with van der Waals surface area (Å²) < 4.78 is 0. The Morgan fingerprint density at radius 3 is 1.76 bits per heavy atom. The summed E-state index contributed by atoms with van der Waals surface area (Å²) in [6.45, 7) is 2.90. The molecule has 3 aromatic rings. The number of anilines is 3. The van der Waals surface area contributed by atoms with Gasteiger partial charge in [0.1, 0.15) is 5.41 Å². The van der Waals surface area contributed by atoms with Crippen LogP contribution >= 0.6 is 11.3 Å². The first-order valence-corrected chi connectivity index (χ1v) is 9.95. The molecule has 4 rings (SSSR count). The summed E-state index contributed by atoms with van der Waals surface area (Å²) in [5.41, 5.74) is 2.83. The Balaban J connectivity index is 1.85. The quantitative estimate of drug-likeness (QED) is 0.614. The second-order valence-electron chi connectivity index (χ2n) is 6.88. The van der Waals surface area contributed by atoms with Crippen molar-refractivity contribution < 1.29 is 14.4 Å². The fourth-order valence-corrected chi connectivity index (χ4v) is 4.61. The maximum Gasteiger partial charge on any atom is 0.244 e. The van der Waals surface area contributed by atoms with Crippen molar-refractivity contribution in [2.75, 3.05) is 16.0 Å². The molecule has 0 fully saturated rings. The van der Waals surface area contributed by atoms with Crippen LogP contribution in [0.25, 0.3) is 0 Å². The van der Waals surface area contributed by atoms with Gasteiger partial charge in [-0.15, -0.1) is 11.3 Å². The van der Waals surface area contributed by atoms with Gasteiger partial charge in [-0.1, -0.05) is 24.3 Å². The van der Waals surface area contributed by atoms with Gasteiger partial charge in [0.25, 0.3) is 0 Å². The summed E-state index contributed by atoms with van der Waals surface area (Å²) >= 11 is 1.48. The number of thiophene rings is 1. The third-order valence-corrected chi connectivity index (χ3v) is 5.74. The summed E-state index contributed by atoms with van der Waals surface area (Å²) in [4.78, 5) is 35.9. The number of hydrogen-bond donors (Lipinski definition) is 3. The van der Waals surface area contributed by atoms with Crippen molar-refractivity contribution in [2.45, 2.75) is 19.3 Å². The minimum atomic E-state index is -1.00. The molecule has 0 atom stereocenters. The molecule has 0 aliphatic carbocycles. The number of benzene rings is 2. The second kappa shape index (κ2) is 7.18. The van der Waals surface area contributed by atoms with E-state index in [9.17, 15) is 14.4 Å². The maximum absolute atomic E-state index is 13.3. The Hall–Kier alpha value is -3.45. The molecular weight excluding hydrogens is 386 g/mol. The number of carbonyl (C=O) groups excluding carboxylic acids is 3. The molecule has 3 N–H and O–H groups in total. The SMILES string of the molecule is CC(=O)Nc1ccc(C2(c3ccc(NC(C)=O)cc3)C(=O)Nc3sccc32)cc1. The molecule has 7 heteroatoms. The van der Waals surface area contributed by atoms with Crippen molar-refractivity contribution in [3.63, 3.8) is 0 Å². The highest BCUT2D eigenvalue weighted by atomic mass is 32.1. The molecule has 6 nitrogen and oxygen atoms in total. The van der Waals surface area contributed by atoms with E-state index >= 15 is 0 Å². The summed E-state index contributed by atoms with van der Waals surface area (Å²) in [5, 5.41) is 11.3. The van der Waals surface area contributed by atoms with Crippen LogP contribution in [0.15, 0.2) is 60.0 Å². The third kappa shape index (κ3) is 3.19. The van der Waals surface area contributed by atoms with Gasteiger partial charge in [-0.3, -0.25) is 14.4 Å². The summed E-state index contributed by atoms with van der Waals surface area (Å²) in [6.07, 6.45) is 0. The molecule has 2 aromatic carbocycles. The molecule has 0 spiro atoms. The first-order valence-electron chi connectivity index (χ1n) is 9.07. The second-order valence-corrected chi connectivity index (χ2v) is 7.80. The molecule has 2 heterocycles. The van der Waals surface area contributed by atoms with Crippen LogP contribution in [0.5, 0.6) is 0 Å². The average Bonchev–Trinajstić information content (AvgIpc) is 3.22. The molecule has 0 saturated heterocycles. The van der Waals surface area contributed by atoms with E-state index in [0.29, 0.717) is 11.4 Å². The number of rotatable bonds is 4. The van der Waals surface area contributed by atoms with E-state index in [1.807, 2.05) is 35.7 Å². The molecule has 1 aliphatic rings. The Labute approximate surface area is 172 Å². The number of fused-ring (bicyclic) bond motifs is 1. The lowest BCUT2D eigenvalue weighted by Crippen LogP contribution is -2.37. The molecule has 1 aliphatic heterocycles. The fourth-order valence-electron chi connectivity index (χ4n) is 3.77. The Morgan fingerprint density at radius 1 is 0.828 bits per heavy atom. The van der Waals surface area contributed by atoms with Gasteiger partial charge in [0.05, 0.1) is 5.00 Å².